The van der Waals surface area contributed by atoms with Crippen LogP contribution in [0.15, 0.2) is 0 Å². The molecule has 0 saturated carbocycles. The Kier molecular flexibility index (Phi) is 4.22. The molecule has 0 bridgehead atoms. The molecule has 0 aliphatic carbocycles. The molecule has 3 heteroatoms. The van der Waals surface area contributed by atoms with Crippen LogP contribution in [-0.4, -0.2) is 24.3 Å². The number of carboxylic acid groups (broad SMARTS) is 1. The van der Waals surface area contributed by atoms with Crippen molar-refractivity contribution in [3.05, 3.63) is 0 Å². The zero-order valence-electron chi connectivity index (χ0n) is 8.16. The number of rotatable bonds is 4. The average Bonchev–Trinajstić information content (AvgIpc) is 2.15. The number of carbonyl (C=O) groups is 1. The molecule has 0 aromatic rings. The first-order valence-electron chi connectivity index (χ1n) is 4.99. The molecule has 1 rings (SSSR count). The second-order valence-electron chi connectivity index (χ2n) is 3.89. The van der Waals surface area contributed by atoms with Gasteiger partial charge < -0.3 is 9.84 Å². The quantitative estimate of drug-likeness (QED) is 0.729. The summed E-state index contributed by atoms with van der Waals surface area (Å²) in [5.74, 6) is 0.369. The second kappa shape index (κ2) is 5.22. The highest BCUT2D eigenvalue weighted by Crippen LogP contribution is 2.25. The van der Waals surface area contributed by atoms with Gasteiger partial charge in [0, 0.05) is 19.6 Å². The fourth-order valence-electron chi connectivity index (χ4n) is 1.80. The van der Waals surface area contributed by atoms with E-state index < -0.39 is 5.97 Å². The highest BCUT2D eigenvalue weighted by Gasteiger charge is 2.20. The van der Waals surface area contributed by atoms with Crippen LogP contribution in [-0.2, 0) is 9.53 Å². The van der Waals surface area contributed by atoms with E-state index in [-0.39, 0.29) is 6.42 Å². The molecule has 13 heavy (non-hydrogen) atoms. The van der Waals surface area contributed by atoms with Crippen molar-refractivity contribution in [2.45, 2.75) is 32.6 Å². The van der Waals surface area contributed by atoms with Crippen molar-refractivity contribution in [1.82, 2.24) is 0 Å². The molecule has 0 spiro atoms. The van der Waals surface area contributed by atoms with Gasteiger partial charge in [-0.25, -0.2) is 0 Å². The van der Waals surface area contributed by atoms with Gasteiger partial charge in [-0.3, -0.25) is 4.79 Å². The third kappa shape index (κ3) is 3.77. The van der Waals surface area contributed by atoms with Gasteiger partial charge in [-0.1, -0.05) is 6.92 Å². The molecular weight excluding hydrogens is 168 g/mol. The zero-order chi connectivity index (χ0) is 9.68. The summed E-state index contributed by atoms with van der Waals surface area (Å²) in [5, 5.41) is 8.53. The Morgan fingerprint density at radius 2 is 2.46 bits per heavy atom. The van der Waals surface area contributed by atoms with Crippen LogP contribution in [0.3, 0.4) is 0 Å². The lowest BCUT2D eigenvalue weighted by Crippen LogP contribution is -2.23. The molecule has 1 fully saturated rings. The number of aliphatic carboxylic acids is 1. The van der Waals surface area contributed by atoms with Crippen molar-refractivity contribution in [3.8, 4) is 0 Å². The SMILES string of the molecule is CC(CCC(=O)O)C1CCCOC1. The molecule has 0 radical (unpaired) electrons. The van der Waals surface area contributed by atoms with Crippen LogP contribution in [0.4, 0.5) is 0 Å². The predicted molar refractivity (Wildman–Crippen MR) is 49.6 cm³/mol. The fraction of sp³-hybridized carbons (Fsp3) is 0.900. The Labute approximate surface area is 79.1 Å². The van der Waals surface area contributed by atoms with E-state index in [1.54, 1.807) is 0 Å². The van der Waals surface area contributed by atoms with E-state index in [0.29, 0.717) is 11.8 Å². The van der Waals surface area contributed by atoms with Crippen molar-refractivity contribution in [1.29, 1.82) is 0 Å². The Morgan fingerprint density at radius 3 is 3.00 bits per heavy atom. The molecule has 0 aromatic heterocycles. The maximum atomic E-state index is 10.4. The maximum absolute atomic E-state index is 10.4. The fourth-order valence-corrected chi connectivity index (χ4v) is 1.80. The molecule has 2 atom stereocenters. The molecule has 1 saturated heterocycles. The lowest BCUT2D eigenvalue weighted by molar-refractivity contribution is -0.137. The van der Waals surface area contributed by atoms with Crippen LogP contribution >= 0.6 is 0 Å². The standard InChI is InChI=1S/C10H18O3/c1-8(4-5-10(11)12)9-3-2-6-13-7-9/h8-9H,2-7H2,1H3,(H,11,12). The summed E-state index contributed by atoms with van der Waals surface area (Å²) in [5.41, 5.74) is 0. The average molecular weight is 186 g/mol. The van der Waals surface area contributed by atoms with Gasteiger partial charge in [0.25, 0.3) is 0 Å². The van der Waals surface area contributed by atoms with E-state index in [2.05, 4.69) is 6.92 Å². The lowest BCUT2D eigenvalue weighted by Gasteiger charge is -2.27. The summed E-state index contributed by atoms with van der Waals surface area (Å²) in [6, 6.07) is 0. The van der Waals surface area contributed by atoms with E-state index in [1.165, 1.54) is 6.42 Å². The summed E-state index contributed by atoms with van der Waals surface area (Å²) in [4.78, 5) is 10.4. The molecule has 2 unspecified atom stereocenters. The van der Waals surface area contributed by atoms with Crippen LogP contribution in [0, 0.1) is 11.8 Å². The third-order valence-electron chi connectivity index (χ3n) is 2.81. The molecule has 1 heterocycles. The van der Waals surface area contributed by atoms with Gasteiger partial charge in [0.05, 0.1) is 0 Å². The number of ether oxygens (including phenoxy) is 1. The molecule has 0 amide bonds. The van der Waals surface area contributed by atoms with Crippen LogP contribution in [0.2, 0.25) is 0 Å². The first kappa shape index (κ1) is 10.5. The number of hydrogen-bond donors (Lipinski definition) is 1. The molecule has 76 valence electrons. The highest BCUT2D eigenvalue weighted by atomic mass is 16.5. The topological polar surface area (TPSA) is 46.5 Å². The van der Waals surface area contributed by atoms with Gasteiger partial charge in [-0.2, -0.15) is 0 Å². The Hall–Kier alpha value is -0.570. The molecule has 3 nitrogen and oxygen atoms in total. The van der Waals surface area contributed by atoms with E-state index >= 15 is 0 Å². The third-order valence-corrected chi connectivity index (χ3v) is 2.81. The van der Waals surface area contributed by atoms with E-state index in [9.17, 15) is 4.79 Å². The minimum atomic E-state index is -0.691. The van der Waals surface area contributed by atoms with Gasteiger partial charge in [0.15, 0.2) is 0 Å². The summed E-state index contributed by atoms with van der Waals surface area (Å²) < 4.78 is 5.36. The second-order valence-corrected chi connectivity index (χ2v) is 3.89. The van der Waals surface area contributed by atoms with Crippen molar-refractivity contribution in [2.24, 2.45) is 11.8 Å². The minimum absolute atomic E-state index is 0.289. The number of carboxylic acids is 1. The van der Waals surface area contributed by atoms with Crippen molar-refractivity contribution < 1.29 is 14.6 Å². The summed E-state index contributed by atoms with van der Waals surface area (Å²) in [6.45, 7) is 3.82. The van der Waals surface area contributed by atoms with Gasteiger partial charge in [0.1, 0.15) is 0 Å². The first-order valence-corrected chi connectivity index (χ1v) is 4.99. The van der Waals surface area contributed by atoms with Crippen LogP contribution in [0.5, 0.6) is 0 Å². The van der Waals surface area contributed by atoms with Crippen LogP contribution in [0.25, 0.3) is 0 Å². The first-order chi connectivity index (χ1) is 6.20. The van der Waals surface area contributed by atoms with Crippen molar-refractivity contribution in [3.63, 3.8) is 0 Å². The minimum Gasteiger partial charge on any atom is -0.481 e. The molecule has 1 aliphatic rings. The monoisotopic (exact) mass is 186 g/mol. The summed E-state index contributed by atoms with van der Waals surface area (Å²) in [6.07, 6.45) is 3.39. The summed E-state index contributed by atoms with van der Waals surface area (Å²) >= 11 is 0. The normalized spacial score (nSPS) is 25.5. The zero-order valence-corrected chi connectivity index (χ0v) is 8.16. The Morgan fingerprint density at radius 1 is 1.69 bits per heavy atom. The molecule has 0 aromatic carbocycles. The van der Waals surface area contributed by atoms with Crippen LogP contribution in [0.1, 0.15) is 32.6 Å². The lowest BCUT2D eigenvalue weighted by atomic mass is 9.86. The number of hydrogen-bond acceptors (Lipinski definition) is 2. The van der Waals surface area contributed by atoms with E-state index in [4.69, 9.17) is 9.84 Å². The van der Waals surface area contributed by atoms with Crippen molar-refractivity contribution >= 4 is 5.97 Å². The Balaban J connectivity index is 2.20. The largest absolute Gasteiger partial charge is 0.481 e. The molecule has 1 N–H and O–H groups in total. The van der Waals surface area contributed by atoms with Crippen LogP contribution < -0.4 is 0 Å². The van der Waals surface area contributed by atoms with Gasteiger partial charge in [-0.15, -0.1) is 0 Å². The Bertz CT molecular complexity index is 162. The van der Waals surface area contributed by atoms with Gasteiger partial charge in [0.2, 0.25) is 0 Å². The van der Waals surface area contributed by atoms with E-state index in [1.807, 2.05) is 0 Å². The van der Waals surface area contributed by atoms with E-state index in [0.717, 1.165) is 26.1 Å². The highest BCUT2D eigenvalue weighted by molar-refractivity contribution is 5.66. The smallest absolute Gasteiger partial charge is 0.303 e. The van der Waals surface area contributed by atoms with Gasteiger partial charge in [-0.05, 0) is 31.1 Å². The molecule has 1 aliphatic heterocycles. The van der Waals surface area contributed by atoms with Crippen molar-refractivity contribution in [2.75, 3.05) is 13.2 Å². The maximum Gasteiger partial charge on any atom is 0.303 e. The van der Waals surface area contributed by atoms with Gasteiger partial charge >= 0.3 is 5.97 Å². The predicted octanol–water partition coefficient (Wildman–Crippen LogP) is 1.91. The molecular formula is C10H18O3. The summed E-state index contributed by atoms with van der Waals surface area (Å²) in [7, 11) is 0.